The molecule has 1 atom stereocenters. The first-order chi connectivity index (χ1) is 9.82. The van der Waals surface area contributed by atoms with Crippen molar-refractivity contribution in [3.63, 3.8) is 0 Å². The van der Waals surface area contributed by atoms with Gasteiger partial charge in [-0.2, -0.15) is 0 Å². The molecular weight excluding hydrogens is 260 g/mol. The monoisotopic (exact) mass is 282 g/mol. The van der Waals surface area contributed by atoms with Gasteiger partial charge in [-0.25, -0.2) is 0 Å². The van der Waals surface area contributed by atoms with Gasteiger partial charge < -0.3 is 9.84 Å². The number of aromatic hydroxyl groups is 1. The molecule has 1 aliphatic heterocycles. The van der Waals surface area contributed by atoms with Crippen LogP contribution in [0.4, 0.5) is 0 Å². The molecule has 0 bridgehead atoms. The zero-order valence-electron chi connectivity index (χ0n) is 13.1. The van der Waals surface area contributed by atoms with E-state index in [2.05, 4.69) is 32.9 Å². The zero-order chi connectivity index (χ0) is 15.3. The normalized spacial score (nSPS) is 23.2. The highest BCUT2D eigenvalue weighted by molar-refractivity contribution is 5.45. The van der Waals surface area contributed by atoms with Crippen LogP contribution >= 0.6 is 0 Å². The summed E-state index contributed by atoms with van der Waals surface area (Å²) in [5.74, 6) is 1.29. The summed E-state index contributed by atoms with van der Waals surface area (Å²) in [6.07, 6.45) is 0.904. The molecule has 0 amide bonds. The molecule has 2 nitrogen and oxygen atoms in total. The minimum absolute atomic E-state index is 0.0510. The highest BCUT2D eigenvalue weighted by Crippen LogP contribution is 2.48. The van der Waals surface area contributed by atoms with Gasteiger partial charge in [0.15, 0.2) is 0 Å². The van der Waals surface area contributed by atoms with E-state index in [0.29, 0.717) is 5.75 Å². The molecule has 1 aliphatic rings. The average Bonchev–Trinajstić information content (AvgIpc) is 2.41. The van der Waals surface area contributed by atoms with Gasteiger partial charge in [0, 0.05) is 6.42 Å². The first-order valence-electron chi connectivity index (χ1n) is 7.40. The maximum atomic E-state index is 9.75. The van der Waals surface area contributed by atoms with Crippen LogP contribution in [0.3, 0.4) is 0 Å². The van der Waals surface area contributed by atoms with Gasteiger partial charge in [0.05, 0.1) is 0 Å². The van der Waals surface area contributed by atoms with Crippen LogP contribution in [0.25, 0.3) is 0 Å². The fraction of sp³-hybridized carbons (Fsp3) is 0.368. The summed E-state index contributed by atoms with van der Waals surface area (Å²) in [6, 6.07) is 14.0. The number of fused-ring (bicyclic) bond motifs is 1. The molecule has 110 valence electrons. The van der Waals surface area contributed by atoms with E-state index in [9.17, 15) is 5.11 Å². The fourth-order valence-corrected chi connectivity index (χ4v) is 3.48. The number of hydrogen-bond donors (Lipinski definition) is 1. The number of rotatable bonds is 1. The number of ether oxygens (including phenoxy) is 1. The zero-order valence-corrected chi connectivity index (χ0v) is 13.1. The van der Waals surface area contributed by atoms with Crippen molar-refractivity contribution in [2.24, 2.45) is 0 Å². The Kier molecular flexibility index (Phi) is 3.01. The molecule has 0 saturated carbocycles. The first kappa shape index (κ1) is 14.0. The largest absolute Gasteiger partial charge is 0.508 e. The molecule has 1 unspecified atom stereocenters. The molecule has 2 aromatic rings. The predicted octanol–water partition coefficient (Wildman–Crippen LogP) is 4.68. The number of aryl methyl sites for hydroxylation is 1. The lowest BCUT2D eigenvalue weighted by atomic mass is 9.71. The maximum Gasteiger partial charge on any atom is 0.132 e. The minimum atomic E-state index is -0.379. The van der Waals surface area contributed by atoms with Gasteiger partial charge in [0.2, 0.25) is 0 Å². The average molecular weight is 282 g/mol. The van der Waals surface area contributed by atoms with Gasteiger partial charge in [-0.1, -0.05) is 38.1 Å². The van der Waals surface area contributed by atoms with Crippen LogP contribution in [-0.2, 0) is 11.0 Å². The van der Waals surface area contributed by atoms with Crippen molar-refractivity contribution in [2.75, 3.05) is 0 Å². The van der Waals surface area contributed by atoms with E-state index in [1.54, 1.807) is 6.07 Å². The highest BCUT2D eigenvalue weighted by Gasteiger charge is 2.42. The van der Waals surface area contributed by atoms with Crippen molar-refractivity contribution >= 4 is 0 Å². The Bertz CT molecular complexity index is 688. The molecule has 0 saturated heterocycles. The minimum Gasteiger partial charge on any atom is -0.508 e. The Morgan fingerprint density at radius 1 is 1.05 bits per heavy atom. The van der Waals surface area contributed by atoms with Crippen molar-refractivity contribution in [1.29, 1.82) is 0 Å². The van der Waals surface area contributed by atoms with Crippen molar-refractivity contribution in [1.82, 2.24) is 0 Å². The summed E-state index contributed by atoms with van der Waals surface area (Å²) < 4.78 is 6.35. The van der Waals surface area contributed by atoms with Gasteiger partial charge in [0.25, 0.3) is 0 Å². The van der Waals surface area contributed by atoms with Crippen LogP contribution in [0.15, 0.2) is 42.5 Å². The Labute approximate surface area is 126 Å². The fourth-order valence-electron chi connectivity index (χ4n) is 3.48. The van der Waals surface area contributed by atoms with Crippen molar-refractivity contribution < 1.29 is 9.84 Å². The number of para-hydroxylation sites is 1. The van der Waals surface area contributed by atoms with Crippen LogP contribution in [0.1, 0.15) is 43.9 Å². The summed E-state index contributed by atoms with van der Waals surface area (Å²) >= 11 is 0. The summed E-state index contributed by atoms with van der Waals surface area (Å²) in [4.78, 5) is 0. The molecule has 0 radical (unpaired) electrons. The third-order valence-corrected chi connectivity index (χ3v) is 4.54. The predicted molar refractivity (Wildman–Crippen MR) is 84.9 cm³/mol. The Morgan fingerprint density at radius 2 is 1.76 bits per heavy atom. The van der Waals surface area contributed by atoms with Gasteiger partial charge >= 0.3 is 0 Å². The van der Waals surface area contributed by atoms with E-state index in [1.807, 2.05) is 31.2 Å². The summed E-state index contributed by atoms with van der Waals surface area (Å²) in [5, 5.41) is 9.75. The lowest BCUT2D eigenvalue weighted by Crippen LogP contribution is -2.41. The Morgan fingerprint density at radius 3 is 2.48 bits per heavy atom. The number of phenolic OH excluding ortho intramolecular Hbond substituents is 1. The Hall–Kier alpha value is -1.96. The van der Waals surface area contributed by atoms with Gasteiger partial charge in [-0.3, -0.25) is 0 Å². The second-order valence-electron chi connectivity index (χ2n) is 6.89. The highest BCUT2D eigenvalue weighted by atomic mass is 16.5. The second kappa shape index (κ2) is 4.52. The molecule has 0 aromatic heterocycles. The summed E-state index contributed by atoms with van der Waals surface area (Å²) in [6.45, 7) is 8.58. The summed E-state index contributed by atoms with van der Waals surface area (Å²) in [7, 11) is 0. The smallest absolute Gasteiger partial charge is 0.132 e. The standard InChI is InChI=1S/C19H22O2/c1-13-11-14(9-10-16(13)20)19(4)12-18(2,3)15-7-5-6-8-17(15)21-19/h5-11,20H,12H2,1-4H3. The van der Waals surface area contributed by atoms with Gasteiger partial charge in [-0.15, -0.1) is 0 Å². The third kappa shape index (κ3) is 2.29. The molecule has 2 heteroatoms. The molecule has 0 spiro atoms. The van der Waals surface area contributed by atoms with Crippen LogP contribution < -0.4 is 4.74 Å². The van der Waals surface area contributed by atoms with E-state index >= 15 is 0 Å². The molecule has 3 rings (SSSR count). The summed E-state index contributed by atoms with van der Waals surface area (Å²) in [5.41, 5.74) is 2.93. The SMILES string of the molecule is Cc1cc(C2(C)CC(C)(C)c3ccccc3O2)ccc1O. The third-order valence-electron chi connectivity index (χ3n) is 4.54. The quantitative estimate of drug-likeness (QED) is 0.823. The van der Waals surface area contributed by atoms with Gasteiger partial charge in [0.1, 0.15) is 17.1 Å². The second-order valence-corrected chi connectivity index (χ2v) is 6.89. The van der Waals surface area contributed by atoms with E-state index in [1.165, 1.54) is 5.56 Å². The van der Waals surface area contributed by atoms with E-state index in [-0.39, 0.29) is 11.0 Å². The van der Waals surface area contributed by atoms with Gasteiger partial charge in [-0.05, 0) is 54.2 Å². The maximum absolute atomic E-state index is 9.75. The van der Waals surface area contributed by atoms with Crippen LogP contribution in [0, 0.1) is 6.92 Å². The van der Waals surface area contributed by atoms with Crippen LogP contribution in [0.5, 0.6) is 11.5 Å². The number of hydrogen-bond acceptors (Lipinski definition) is 2. The Balaban J connectivity index is 2.09. The molecule has 1 heterocycles. The molecule has 21 heavy (non-hydrogen) atoms. The van der Waals surface area contributed by atoms with E-state index in [4.69, 9.17) is 4.74 Å². The molecule has 1 N–H and O–H groups in total. The lowest BCUT2D eigenvalue weighted by molar-refractivity contribution is 0.0324. The van der Waals surface area contributed by atoms with Crippen LogP contribution in [-0.4, -0.2) is 5.11 Å². The number of phenols is 1. The van der Waals surface area contributed by atoms with Crippen LogP contribution in [0.2, 0.25) is 0 Å². The molecule has 0 fully saturated rings. The number of benzene rings is 2. The van der Waals surface area contributed by atoms with Crippen molar-refractivity contribution in [2.45, 2.75) is 45.1 Å². The molecular formula is C19H22O2. The van der Waals surface area contributed by atoms with E-state index in [0.717, 1.165) is 23.3 Å². The van der Waals surface area contributed by atoms with Crippen molar-refractivity contribution in [3.8, 4) is 11.5 Å². The van der Waals surface area contributed by atoms with Crippen molar-refractivity contribution in [3.05, 3.63) is 59.2 Å². The topological polar surface area (TPSA) is 29.5 Å². The first-order valence-corrected chi connectivity index (χ1v) is 7.40. The molecule has 2 aromatic carbocycles. The lowest BCUT2D eigenvalue weighted by Gasteiger charge is -2.44. The molecule has 0 aliphatic carbocycles. The van der Waals surface area contributed by atoms with E-state index < -0.39 is 0 Å².